The molecule has 0 aliphatic rings. The molecular weight excluding hydrogens is 212 g/mol. The van der Waals surface area contributed by atoms with Crippen molar-refractivity contribution in [1.82, 2.24) is 4.98 Å². The van der Waals surface area contributed by atoms with E-state index in [1.165, 1.54) is 0 Å². The monoisotopic (exact) mass is 226 g/mol. The van der Waals surface area contributed by atoms with Crippen LogP contribution in [-0.4, -0.2) is 17.8 Å². The second-order valence-corrected chi connectivity index (χ2v) is 3.76. The van der Waals surface area contributed by atoms with Crippen molar-refractivity contribution in [1.29, 1.82) is 0 Å². The summed E-state index contributed by atoms with van der Waals surface area (Å²) >= 11 is 0. The van der Waals surface area contributed by atoms with E-state index in [1.807, 2.05) is 43.4 Å². The van der Waals surface area contributed by atoms with E-state index in [1.54, 1.807) is 12.4 Å². The van der Waals surface area contributed by atoms with Gasteiger partial charge in [0.25, 0.3) is 0 Å². The van der Waals surface area contributed by atoms with Crippen LogP contribution in [-0.2, 0) is 6.42 Å². The Morgan fingerprint density at radius 3 is 2.76 bits per heavy atom. The lowest BCUT2D eigenvalue weighted by atomic mass is 10.0. The highest BCUT2D eigenvalue weighted by molar-refractivity contribution is 6.02. The molecule has 1 aromatic carbocycles. The average molecular weight is 226 g/mol. The summed E-state index contributed by atoms with van der Waals surface area (Å²) < 4.78 is 0. The minimum absolute atomic E-state index is 0.1000. The summed E-state index contributed by atoms with van der Waals surface area (Å²) in [5, 5.41) is 3.03. The van der Waals surface area contributed by atoms with Crippen LogP contribution in [0.4, 0.5) is 5.69 Å². The highest BCUT2D eigenvalue weighted by Crippen LogP contribution is 2.16. The molecule has 0 fully saturated rings. The standard InChI is InChI=1S/C14H14N2O/c1-15-13-7-3-2-6-12(13)14(17)9-11-5-4-8-16-10-11/h2-8,10,15H,9H2,1H3. The summed E-state index contributed by atoms with van der Waals surface area (Å²) in [4.78, 5) is 16.1. The summed E-state index contributed by atoms with van der Waals surface area (Å²) in [7, 11) is 1.82. The zero-order chi connectivity index (χ0) is 12.1. The first-order valence-electron chi connectivity index (χ1n) is 5.50. The minimum Gasteiger partial charge on any atom is -0.388 e. The van der Waals surface area contributed by atoms with Crippen LogP contribution >= 0.6 is 0 Å². The van der Waals surface area contributed by atoms with Crippen LogP contribution in [0, 0.1) is 0 Å². The molecule has 0 saturated heterocycles. The van der Waals surface area contributed by atoms with Crippen LogP contribution in [0.2, 0.25) is 0 Å². The van der Waals surface area contributed by atoms with E-state index in [0.29, 0.717) is 6.42 Å². The Labute approximate surface area is 101 Å². The number of hydrogen-bond acceptors (Lipinski definition) is 3. The van der Waals surface area contributed by atoms with E-state index >= 15 is 0 Å². The van der Waals surface area contributed by atoms with Crippen molar-refractivity contribution in [3.63, 3.8) is 0 Å². The van der Waals surface area contributed by atoms with Crippen LogP contribution in [0.5, 0.6) is 0 Å². The number of carbonyl (C=O) groups is 1. The van der Waals surface area contributed by atoms with E-state index in [9.17, 15) is 4.79 Å². The number of anilines is 1. The van der Waals surface area contributed by atoms with Gasteiger partial charge in [-0.1, -0.05) is 18.2 Å². The minimum atomic E-state index is 0.1000. The number of rotatable bonds is 4. The number of hydrogen-bond donors (Lipinski definition) is 1. The van der Waals surface area contributed by atoms with Gasteiger partial charge >= 0.3 is 0 Å². The number of Topliss-reactive ketones (excluding diaryl/α,β-unsaturated/α-hetero) is 1. The molecule has 1 heterocycles. The summed E-state index contributed by atoms with van der Waals surface area (Å²) in [6.45, 7) is 0. The Bertz CT molecular complexity index is 509. The number of pyridine rings is 1. The molecule has 0 unspecified atom stereocenters. The molecule has 0 atom stereocenters. The van der Waals surface area contributed by atoms with Crippen LogP contribution in [0.25, 0.3) is 0 Å². The third-order valence-corrected chi connectivity index (χ3v) is 2.58. The van der Waals surface area contributed by atoms with Gasteiger partial charge in [-0.3, -0.25) is 9.78 Å². The fourth-order valence-electron chi connectivity index (χ4n) is 1.73. The van der Waals surface area contributed by atoms with Crippen molar-refractivity contribution in [2.24, 2.45) is 0 Å². The lowest BCUT2D eigenvalue weighted by Gasteiger charge is -2.07. The topological polar surface area (TPSA) is 42.0 Å². The van der Waals surface area contributed by atoms with Gasteiger partial charge in [-0.25, -0.2) is 0 Å². The van der Waals surface area contributed by atoms with E-state index in [-0.39, 0.29) is 5.78 Å². The molecule has 3 heteroatoms. The zero-order valence-corrected chi connectivity index (χ0v) is 9.68. The number of carbonyl (C=O) groups excluding carboxylic acids is 1. The number of benzene rings is 1. The molecule has 0 radical (unpaired) electrons. The Morgan fingerprint density at radius 1 is 1.24 bits per heavy atom. The van der Waals surface area contributed by atoms with Gasteiger partial charge in [0.15, 0.2) is 5.78 Å². The Balaban J connectivity index is 2.20. The summed E-state index contributed by atoms with van der Waals surface area (Å²) in [6, 6.07) is 11.3. The lowest BCUT2D eigenvalue weighted by Crippen LogP contribution is -2.07. The molecular formula is C14H14N2O. The predicted octanol–water partition coefficient (Wildman–Crippen LogP) is 2.55. The van der Waals surface area contributed by atoms with Crippen molar-refractivity contribution >= 4 is 11.5 Å². The highest BCUT2D eigenvalue weighted by atomic mass is 16.1. The average Bonchev–Trinajstić information content (AvgIpc) is 2.40. The number of nitrogens with zero attached hydrogens (tertiary/aromatic N) is 1. The van der Waals surface area contributed by atoms with E-state index in [0.717, 1.165) is 16.8 Å². The molecule has 3 nitrogen and oxygen atoms in total. The molecule has 0 spiro atoms. The summed E-state index contributed by atoms with van der Waals surface area (Å²) in [6.07, 6.45) is 3.81. The first-order chi connectivity index (χ1) is 8.31. The number of ketones is 1. The first-order valence-corrected chi connectivity index (χ1v) is 5.50. The lowest BCUT2D eigenvalue weighted by molar-refractivity contribution is 0.0993. The molecule has 0 saturated carbocycles. The molecule has 2 rings (SSSR count). The summed E-state index contributed by atoms with van der Waals surface area (Å²) in [5.74, 6) is 0.1000. The maximum absolute atomic E-state index is 12.1. The third kappa shape index (κ3) is 2.69. The molecule has 1 N–H and O–H groups in total. The smallest absolute Gasteiger partial charge is 0.169 e. The maximum atomic E-state index is 12.1. The molecule has 86 valence electrons. The Hall–Kier alpha value is -2.16. The number of aromatic nitrogens is 1. The van der Waals surface area contributed by atoms with Crippen molar-refractivity contribution in [2.75, 3.05) is 12.4 Å². The van der Waals surface area contributed by atoms with Crippen molar-refractivity contribution < 1.29 is 4.79 Å². The second kappa shape index (κ2) is 5.25. The van der Waals surface area contributed by atoms with E-state index in [4.69, 9.17) is 0 Å². The Morgan fingerprint density at radius 2 is 2.06 bits per heavy atom. The largest absolute Gasteiger partial charge is 0.388 e. The SMILES string of the molecule is CNc1ccccc1C(=O)Cc1cccnc1. The summed E-state index contributed by atoms with van der Waals surface area (Å²) in [5.41, 5.74) is 2.52. The van der Waals surface area contributed by atoms with Gasteiger partial charge in [0, 0.05) is 37.1 Å². The zero-order valence-electron chi connectivity index (χ0n) is 9.68. The van der Waals surface area contributed by atoms with Crippen LogP contribution in [0.15, 0.2) is 48.8 Å². The molecule has 0 aliphatic heterocycles. The van der Waals surface area contributed by atoms with Gasteiger partial charge in [0.2, 0.25) is 0 Å². The first kappa shape index (κ1) is 11.3. The second-order valence-electron chi connectivity index (χ2n) is 3.76. The fourth-order valence-corrected chi connectivity index (χ4v) is 1.73. The van der Waals surface area contributed by atoms with Gasteiger partial charge in [-0.2, -0.15) is 0 Å². The molecule has 1 aromatic heterocycles. The van der Waals surface area contributed by atoms with Crippen molar-refractivity contribution in [3.05, 3.63) is 59.9 Å². The maximum Gasteiger partial charge on any atom is 0.169 e. The van der Waals surface area contributed by atoms with Gasteiger partial charge < -0.3 is 5.32 Å². The Kier molecular flexibility index (Phi) is 3.50. The van der Waals surface area contributed by atoms with Gasteiger partial charge in [0.1, 0.15) is 0 Å². The van der Waals surface area contributed by atoms with E-state index < -0.39 is 0 Å². The highest BCUT2D eigenvalue weighted by Gasteiger charge is 2.10. The van der Waals surface area contributed by atoms with Crippen LogP contribution in [0.1, 0.15) is 15.9 Å². The van der Waals surface area contributed by atoms with Gasteiger partial charge in [0.05, 0.1) is 0 Å². The molecule has 0 bridgehead atoms. The van der Waals surface area contributed by atoms with Crippen molar-refractivity contribution in [2.45, 2.75) is 6.42 Å². The van der Waals surface area contributed by atoms with Crippen molar-refractivity contribution in [3.8, 4) is 0 Å². The fraction of sp³-hybridized carbons (Fsp3) is 0.143. The van der Waals surface area contributed by atoms with Gasteiger partial charge in [-0.05, 0) is 23.8 Å². The molecule has 17 heavy (non-hydrogen) atoms. The number of nitrogens with one attached hydrogen (secondary N) is 1. The molecule has 0 amide bonds. The third-order valence-electron chi connectivity index (χ3n) is 2.58. The normalized spacial score (nSPS) is 9.94. The van der Waals surface area contributed by atoms with E-state index in [2.05, 4.69) is 10.3 Å². The molecule has 0 aliphatic carbocycles. The quantitative estimate of drug-likeness (QED) is 0.815. The van der Waals surface area contributed by atoms with Crippen LogP contribution in [0.3, 0.4) is 0 Å². The predicted molar refractivity (Wildman–Crippen MR) is 68.3 cm³/mol. The molecule has 2 aromatic rings. The van der Waals surface area contributed by atoms with Crippen LogP contribution < -0.4 is 5.32 Å². The number of para-hydroxylation sites is 1. The van der Waals surface area contributed by atoms with Gasteiger partial charge in [-0.15, -0.1) is 0 Å².